The molecule has 0 saturated heterocycles. The van der Waals surface area contributed by atoms with Gasteiger partial charge in [0.15, 0.2) is 0 Å². The minimum atomic E-state index is -0.111. The van der Waals surface area contributed by atoms with Crippen LogP contribution in [0.2, 0.25) is 0 Å². The fourth-order valence-electron chi connectivity index (χ4n) is 3.37. The summed E-state index contributed by atoms with van der Waals surface area (Å²) >= 11 is 0. The Kier molecular flexibility index (Phi) is 5.16. The van der Waals surface area contributed by atoms with Crippen LogP contribution < -0.4 is 0 Å². The number of benzene rings is 3. The highest BCUT2D eigenvalue weighted by Crippen LogP contribution is 2.33. The van der Waals surface area contributed by atoms with E-state index in [2.05, 4.69) is 31.2 Å². The second-order valence-corrected chi connectivity index (χ2v) is 6.97. The maximum atomic E-state index is 13.0. The SMILES string of the molecule is Cc1ccc([C@H]2CC(c3ccccc3)=NN2C(=O)/C=C/c2ccccc2)cc1. The van der Waals surface area contributed by atoms with Gasteiger partial charge in [-0.25, -0.2) is 5.01 Å². The van der Waals surface area contributed by atoms with Crippen molar-refractivity contribution < 1.29 is 4.79 Å². The molecule has 0 radical (unpaired) electrons. The average molecular weight is 366 g/mol. The second kappa shape index (κ2) is 8.05. The fourth-order valence-corrected chi connectivity index (χ4v) is 3.37. The lowest BCUT2D eigenvalue weighted by atomic mass is 9.98. The molecule has 28 heavy (non-hydrogen) atoms. The molecule has 3 heteroatoms. The number of rotatable bonds is 4. The highest BCUT2D eigenvalue weighted by atomic mass is 16.2. The summed E-state index contributed by atoms with van der Waals surface area (Å²) in [7, 11) is 0. The summed E-state index contributed by atoms with van der Waals surface area (Å²) in [6, 6.07) is 28.1. The number of hydrazone groups is 1. The van der Waals surface area contributed by atoms with Gasteiger partial charge in [0.1, 0.15) is 0 Å². The maximum Gasteiger partial charge on any atom is 0.267 e. The molecule has 1 aliphatic heterocycles. The maximum absolute atomic E-state index is 13.0. The molecule has 1 aliphatic rings. The van der Waals surface area contributed by atoms with E-state index in [0.29, 0.717) is 6.42 Å². The van der Waals surface area contributed by atoms with E-state index in [1.807, 2.05) is 66.7 Å². The molecule has 0 fully saturated rings. The van der Waals surface area contributed by atoms with Crippen LogP contribution in [0.3, 0.4) is 0 Å². The minimum absolute atomic E-state index is 0.0938. The Labute approximate surface area is 165 Å². The van der Waals surface area contributed by atoms with Crippen molar-refractivity contribution in [1.29, 1.82) is 0 Å². The molecule has 0 bridgehead atoms. The van der Waals surface area contributed by atoms with E-state index in [0.717, 1.165) is 22.4 Å². The van der Waals surface area contributed by atoms with Gasteiger partial charge in [-0.3, -0.25) is 4.79 Å². The summed E-state index contributed by atoms with van der Waals surface area (Å²) in [5.74, 6) is -0.111. The van der Waals surface area contributed by atoms with E-state index in [1.165, 1.54) is 5.56 Å². The Bertz CT molecular complexity index is 1010. The van der Waals surface area contributed by atoms with E-state index in [4.69, 9.17) is 5.10 Å². The van der Waals surface area contributed by atoms with Gasteiger partial charge < -0.3 is 0 Å². The predicted octanol–water partition coefficient (Wildman–Crippen LogP) is 5.39. The molecule has 4 rings (SSSR count). The lowest BCUT2D eigenvalue weighted by Crippen LogP contribution is -2.25. The molecule has 1 amide bonds. The first-order valence-electron chi connectivity index (χ1n) is 9.46. The van der Waals surface area contributed by atoms with Gasteiger partial charge in [0.05, 0.1) is 11.8 Å². The molecular weight excluding hydrogens is 344 g/mol. The Morgan fingerprint density at radius 3 is 2.25 bits per heavy atom. The Hall–Kier alpha value is -3.46. The Morgan fingerprint density at radius 2 is 1.57 bits per heavy atom. The normalized spacial score (nSPS) is 16.4. The standard InChI is InChI=1S/C25H22N2O/c1-19-12-15-22(16-13-19)24-18-23(21-10-6-3-7-11-21)26-27(24)25(28)17-14-20-8-4-2-5-9-20/h2-17,24H,18H2,1H3/b17-14+/t24-/m1/s1. The van der Waals surface area contributed by atoms with Gasteiger partial charge in [0, 0.05) is 12.5 Å². The van der Waals surface area contributed by atoms with Crippen LogP contribution in [0.5, 0.6) is 0 Å². The summed E-state index contributed by atoms with van der Waals surface area (Å²) in [6.07, 6.45) is 4.15. The summed E-state index contributed by atoms with van der Waals surface area (Å²) in [5.41, 5.74) is 5.29. The molecular formula is C25H22N2O. The topological polar surface area (TPSA) is 32.7 Å². The molecule has 0 unspecified atom stereocenters. The number of carbonyl (C=O) groups excluding carboxylic acids is 1. The Morgan fingerprint density at radius 1 is 0.929 bits per heavy atom. The van der Waals surface area contributed by atoms with Crippen LogP contribution in [0.1, 0.15) is 34.7 Å². The number of aryl methyl sites for hydroxylation is 1. The molecule has 3 aromatic carbocycles. The summed E-state index contributed by atoms with van der Waals surface area (Å²) in [4.78, 5) is 13.0. The van der Waals surface area contributed by atoms with Crippen LogP contribution in [-0.2, 0) is 4.79 Å². The van der Waals surface area contributed by atoms with Crippen molar-refractivity contribution in [3.8, 4) is 0 Å². The molecule has 0 N–H and O–H groups in total. The molecule has 0 aromatic heterocycles. The first-order valence-corrected chi connectivity index (χ1v) is 9.46. The average Bonchev–Trinajstić information content (AvgIpc) is 3.19. The number of nitrogens with zero attached hydrogens (tertiary/aromatic N) is 2. The molecule has 0 saturated carbocycles. The van der Waals surface area contributed by atoms with Gasteiger partial charge in [-0.15, -0.1) is 0 Å². The van der Waals surface area contributed by atoms with Crippen molar-refractivity contribution in [3.05, 3.63) is 113 Å². The first-order chi connectivity index (χ1) is 13.7. The highest BCUT2D eigenvalue weighted by molar-refractivity contribution is 6.04. The number of hydrogen-bond acceptors (Lipinski definition) is 2. The first kappa shape index (κ1) is 17.9. The van der Waals surface area contributed by atoms with Gasteiger partial charge in [-0.05, 0) is 29.7 Å². The second-order valence-electron chi connectivity index (χ2n) is 6.97. The van der Waals surface area contributed by atoms with Crippen LogP contribution >= 0.6 is 0 Å². The third-order valence-electron chi connectivity index (χ3n) is 4.92. The molecule has 1 heterocycles. The minimum Gasteiger partial charge on any atom is -0.268 e. The summed E-state index contributed by atoms with van der Waals surface area (Å²) < 4.78 is 0. The van der Waals surface area contributed by atoms with Gasteiger partial charge in [-0.2, -0.15) is 5.10 Å². The number of hydrogen-bond donors (Lipinski definition) is 0. The molecule has 3 aromatic rings. The molecule has 1 atom stereocenters. The van der Waals surface area contributed by atoms with Crippen LogP contribution in [0, 0.1) is 6.92 Å². The lowest BCUT2D eigenvalue weighted by molar-refractivity contribution is -0.127. The molecule has 3 nitrogen and oxygen atoms in total. The fraction of sp³-hybridized carbons (Fsp3) is 0.120. The lowest BCUT2D eigenvalue weighted by Gasteiger charge is -2.21. The third kappa shape index (κ3) is 3.94. The monoisotopic (exact) mass is 366 g/mol. The van der Waals surface area contributed by atoms with Crippen LogP contribution in [-0.4, -0.2) is 16.6 Å². The highest BCUT2D eigenvalue weighted by Gasteiger charge is 2.32. The molecule has 0 aliphatic carbocycles. The van der Waals surface area contributed by atoms with Crippen molar-refractivity contribution in [2.75, 3.05) is 0 Å². The predicted molar refractivity (Wildman–Crippen MR) is 114 cm³/mol. The number of amides is 1. The van der Waals surface area contributed by atoms with Crippen molar-refractivity contribution in [1.82, 2.24) is 5.01 Å². The van der Waals surface area contributed by atoms with E-state index < -0.39 is 0 Å². The number of carbonyl (C=O) groups is 1. The van der Waals surface area contributed by atoms with Crippen LogP contribution in [0.15, 0.2) is 96.1 Å². The smallest absolute Gasteiger partial charge is 0.267 e. The summed E-state index contributed by atoms with van der Waals surface area (Å²) in [5, 5.41) is 6.32. The largest absolute Gasteiger partial charge is 0.268 e. The molecule has 0 spiro atoms. The molecule has 138 valence electrons. The van der Waals surface area contributed by atoms with E-state index in [-0.39, 0.29) is 11.9 Å². The Balaban J connectivity index is 1.64. The van der Waals surface area contributed by atoms with Crippen molar-refractivity contribution >= 4 is 17.7 Å². The quantitative estimate of drug-likeness (QED) is 0.570. The van der Waals surface area contributed by atoms with Gasteiger partial charge >= 0.3 is 0 Å². The summed E-state index contributed by atoms with van der Waals surface area (Å²) in [6.45, 7) is 2.07. The van der Waals surface area contributed by atoms with Crippen LogP contribution in [0.4, 0.5) is 0 Å². The van der Waals surface area contributed by atoms with E-state index in [1.54, 1.807) is 11.1 Å². The van der Waals surface area contributed by atoms with Crippen molar-refractivity contribution in [3.63, 3.8) is 0 Å². The van der Waals surface area contributed by atoms with Gasteiger partial charge in [0.2, 0.25) is 0 Å². The van der Waals surface area contributed by atoms with Crippen molar-refractivity contribution in [2.45, 2.75) is 19.4 Å². The van der Waals surface area contributed by atoms with E-state index >= 15 is 0 Å². The zero-order valence-electron chi connectivity index (χ0n) is 15.8. The van der Waals surface area contributed by atoms with E-state index in [9.17, 15) is 4.79 Å². The third-order valence-corrected chi connectivity index (χ3v) is 4.92. The van der Waals surface area contributed by atoms with Gasteiger partial charge in [-0.1, -0.05) is 90.5 Å². The van der Waals surface area contributed by atoms with Crippen LogP contribution in [0.25, 0.3) is 6.08 Å². The zero-order valence-corrected chi connectivity index (χ0v) is 15.8. The van der Waals surface area contributed by atoms with Gasteiger partial charge in [0.25, 0.3) is 5.91 Å². The zero-order chi connectivity index (χ0) is 19.3. The van der Waals surface area contributed by atoms with Crippen molar-refractivity contribution in [2.24, 2.45) is 5.10 Å².